The van der Waals surface area contributed by atoms with Crippen LogP contribution in [0, 0.1) is 0 Å². The first-order valence-electron chi connectivity index (χ1n) is 3.31. The summed E-state index contributed by atoms with van der Waals surface area (Å²) in [6.45, 7) is 5.53. The number of hydrogen-bond donors (Lipinski definition) is 4. The lowest BCUT2D eigenvalue weighted by Crippen LogP contribution is -1.93. The summed E-state index contributed by atoms with van der Waals surface area (Å²) >= 11 is 0. The van der Waals surface area contributed by atoms with E-state index in [2.05, 4.69) is 12.7 Å². The average molecular weight is 152 g/mol. The van der Waals surface area contributed by atoms with Gasteiger partial charge in [0.1, 0.15) is 0 Å². The minimum atomic E-state index is 0. The summed E-state index contributed by atoms with van der Waals surface area (Å²) in [6.07, 6.45) is 1.10. The second-order valence-corrected chi connectivity index (χ2v) is 1.20. The second kappa shape index (κ2) is 67.4. The van der Waals surface area contributed by atoms with Gasteiger partial charge in [0.05, 0.1) is 0 Å². The lowest BCUT2D eigenvalue weighted by atomic mass is 10.5. The van der Waals surface area contributed by atoms with E-state index in [0.29, 0.717) is 0 Å². The molecule has 0 fully saturated rings. The molecule has 0 aromatic heterocycles. The third kappa shape index (κ3) is 520. The van der Waals surface area contributed by atoms with Crippen LogP contribution >= 0.6 is 0 Å². The molecule has 0 spiro atoms. The van der Waals surface area contributed by atoms with Gasteiger partial charge in [-0.15, -0.1) is 0 Å². The molecule has 0 bridgehead atoms. The fourth-order valence-corrected chi connectivity index (χ4v) is 0. The van der Waals surface area contributed by atoms with E-state index in [-0.39, 0.29) is 6.15 Å². The van der Waals surface area contributed by atoms with Crippen molar-refractivity contribution in [3.05, 3.63) is 0 Å². The predicted octanol–water partition coefficient (Wildman–Crippen LogP) is 0.0570. The molecular weight excluding hydrogens is 128 g/mol. The Balaban J connectivity index is -0.0000000273. The Morgan fingerprint density at radius 3 is 1.10 bits per heavy atom. The summed E-state index contributed by atoms with van der Waals surface area (Å²) in [7, 11) is 1.50. The van der Waals surface area contributed by atoms with Gasteiger partial charge in [0.15, 0.2) is 0 Å². The molecule has 4 nitrogen and oxygen atoms in total. The first kappa shape index (κ1) is 22.5. The van der Waals surface area contributed by atoms with Crippen LogP contribution in [0.5, 0.6) is 0 Å². The van der Waals surface area contributed by atoms with Gasteiger partial charge in [-0.05, 0) is 26.6 Å². The van der Waals surface area contributed by atoms with Gasteiger partial charge >= 0.3 is 0 Å². The minimum absolute atomic E-state index is 0. The highest BCUT2D eigenvalue weighted by molar-refractivity contribution is 4.19. The molecule has 0 aliphatic carbocycles. The second-order valence-electron chi connectivity index (χ2n) is 1.20. The standard InChI is InChI=1S/C3H9N.C2H7N.CH5N.H3N/c1-2-3-4;1-2-3;1-2;/h2-4H2,1H3;2-3H2,1H3;2H2,1H3;1H3. The molecule has 10 heavy (non-hydrogen) atoms. The topological polar surface area (TPSA) is 113 Å². The van der Waals surface area contributed by atoms with E-state index in [9.17, 15) is 0 Å². The molecule has 0 aromatic carbocycles. The molecule has 9 N–H and O–H groups in total. The van der Waals surface area contributed by atoms with Gasteiger partial charge in [0.2, 0.25) is 0 Å². The van der Waals surface area contributed by atoms with Crippen molar-refractivity contribution >= 4 is 0 Å². The summed E-state index contributed by atoms with van der Waals surface area (Å²) in [5, 5.41) is 0. The molecule has 4 heteroatoms. The molecule has 0 heterocycles. The van der Waals surface area contributed by atoms with Crippen LogP contribution in [0.25, 0.3) is 0 Å². The van der Waals surface area contributed by atoms with Crippen LogP contribution in [0.3, 0.4) is 0 Å². The largest absolute Gasteiger partial charge is 0.344 e. The molecule has 0 aromatic rings. The third-order valence-corrected chi connectivity index (χ3v) is 0.289. The van der Waals surface area contributed by atoms with Crippen molar-refractivity contribution in [1.29, 1.82) is 0 Å². The van der Waals surface area contributed by atoms with Crippen LogP contribution in [0.1, 0.15) is 20.3 Å². The zero-order valence-electron chi connectivity index (χ0n) is 7.56. The first-order valence-corrected chi connectivity index (χ1v) is 3.31. The van der Waals surface area contributed by atoms with Crippen LogP contribution in [0.15, 0.2) is 0 Å². The van der Waals surface area contributed by atoms with E-state index in [1.807, 2.05) is 6.92 Å². The van der Waals surface area contributed by atoms with Crippen molar-refractivity contribution in [2.75, 3.05) is 20.1 Å². The van der Waals surface area contributed by atoms with Gasteiger partial charge in [-0.25, -0.2) is 0 Å². The Morgan fingerprint density at radius 1 is 1.00 bits per heavy atom. The molecule has 68 valence electrons. The Morgan fingerprint density at radius 2 is 1.10 bits per heavy atom. The number of hydrogen-bond acceptors (Lipinski definition) is 4. The monoisotopic (exact) mass is 152 g/mol. The lowest BCUT2D eigenvalue weighted by Gasteiger charge is -1.70. The van der Waals surface area contributed by atoms with Crippen molar-refractivity contribution in [3.8, 4) is 0 Å². The van der Waals surface area contributed by atoms with Crippen molar-refractivity contribution in [2.24, 2.45) is 17.2 Å². The van der Waals surface area contributed by atoms with Crippen molar-refractivity contribution in [1.82, 2.24) is 6.15 Å². The SMILES string of the molecule is CCCN.CCN.CN.N. The lowest BCUT2D eigenvalue weighted by molar-refractivity contribution is 0.932. The van der Waals surface area contributed by atoms with Crippen LogP contribution < -0.4 is 23.4 Å². The molecule has 0 amide bonds. The molecule has 0 atom stereocenters. The van der Waals surface area contributed by atoms with Crippen LogP contribution in [-0.2, 0) is 0 Å². The molecule has 0 saturated heterocycles. The maximum Gasteiger partial charge on any atom is -0.00799 e. The number of nitrogens with two attached hydrogens (primary N) is 3. The molecule has 0 saturated carbocycles. The maximum absolute atomic E-state index is 5.03. The fraction of sp³-hybridized carbons (Fsp3) is 1.00. The quantitative estimate of drug-likeness (QED) is 0.425. The Bertz CT molecular complexity index is 17.2. The summed E-state index contributed by atoms with van der Waals surface area (Å²) < 4.78 is 0. The zero-order chi connectivity index (χ0) is 8.12. The highest BCUT2D eigenvalue weighted by Gasteiger charge is 1.55. The normalized spacial score (nSPS) is 5.40. The smallest absolute Gasteiger partial charge is 0.00799 e. The van der Waals surface area contributed by atoms with E-state index in [1.54, 1.807) is 0 Å². The summed E-state index contributed by atoms with van der Waals surface area (Å²) in [5.74, 6) is 0. The van der Waals surface area contributed by atoms with Crippen LogP contribution in [0.2, 0.25) is 0 Å². The molecule has 0 radical (unpaired) electrons. The summed E-state index contributed by atoms with van der Waals surface area (Å²) in [6, 6.07) is 0. The number of rotatable bonds is 1. The summed E-state index contributed by atoms with van der Waals surface area (Å²) in [5.41, 5.74) is 14.4. The van der Waals surface area contributed by atoms with Gasteiger partial charge < -0.3 is 23.4 Å². The van der Waals surface area contributed by atoms with Crippen LogP contribution in [-0.4, -0.2) is 20.1 Å². The van der Waals surface area contributed by atoms with E-state index in [4.69, 9.17) is 11.5 Å². The van der Waals surface area contributed by atoms with Gasteiger partial charge in [0.25, 0.3) is 0 Å². The molecule has 0 rings (SSSR count). The Kier molecular flexibility index (Phi) is 152. The van der Waals surface area contributed by atoms with Gasteiger partial charge in [-0.2, -0.15) is 0 Å². The molecular formula is C6H24N4. The van der Waals surface area contributed by atoms with Gasteiger partial charge in [-0.3, -0.25) is 0 Å². The molecule has 0 aliphatic rings. The van der Waals surface area contributed by atoms with E-state index in [1.165, 1.54) is 7.05 Å². The summed E-state index contributed by atoms with van der Waals surface area (Å²) in [4.78, 5) is 0. The molecule has 0 unspecified atom stereocenters. The third-order valence-electron chi connectivity index (χ3n) is 0.289. The van der Waals surface area contributed by atoms with Crippen molar-refractivity contribution < 1.29 is 0 Å². The van der Waals surface area contributed by atoms with Crippen molar-refractivity contribution in [2.45, 2.75) is 20.3 Å². The Hall–Kier alpha value is -0.160. The maximum atomic E-state index is 5.03. The highest BCUT2D eigenvalue weighted by Crippen LogP contribution is 1.57. The highest BCUT2D eigenvalue weighted by atomic mass is 14.5. The zero-order valence-corrected chi connectivity index (χ0v) is 7.56. The van der Waals surface area contributed by atoms with Gasteiger partial charge in [-0.1, -0.05) is 13.8 Å². The van der Waals surface area contributed by atoms with E-state index < -0.39 is 0 Å². The van der Waals surface area contributed by atoms with Gasteiger partial charge in [0, 0.05) is 0 Å². The first-order chi connectivity index (χ1) is 4.33. The van der Waals surface area contributed by atoms with Crippen molar-refractivity contribution in [3.63, 3.8) is 0 Å². The van der Waals surface area contributed by atoms with E-state index in [0.717, 1.165) is 19.5 Å². The predicted molar refractivity (Wildman–Crippen MR) is 49.2 cm³/mol. The average Bonchev–Trinajstić information content (AvgIpc) is 1.94. The minimum Gasteiger partial charge on any atom is -0.344 e. The van der Waals surface area contributed by atoms with E-state index >= 15 is 0 Å². The molecule has 0 aliphatic heterocycles. The Labute approximate surface area is 64.7 Å². The van der Waals surface area contributed by atoms with Crippen LogP contribution in [0.4, 0.5) is 0 Å². The fourth-order valence-electron chi connectivity index (χ4n) is 0.